The van der Waals surface area contributed by atoms with Crippen molar-refractivity contribution in [2.75, 3.05) is 18.4 Å². The van der Waals surface area contributed by atoms with Crippen LogP contribution in [0.4, 0.5) is 17.1 Å². The van der Waals surface area contributed by atoms with Gasteiger partial charge in [-0.25, -0.2) is 13.1 Å². The lowest BCUT2D eigenvalue weighted by Gasteiger charge is -2.09. The van der Waals surface area contributed by atoms with E-state index in [9.17, 15) is 38.2 Å². The molecule has 0 saturated heterocycles. The van der Waals surface area contributed by atoms with Gasteiger partial charge in [-0.2, -0.15) is 0 Å². The van der Waals surface area contributed by atoms with Gasteiger partial charge in [0.2, 0.25) is 15.9 Å². The minimum Gasteiger partial charge on any atom is -0.351 e. The first-order chi connectivity index (χ1) is 14.9. The predicted molar refractivity (Wildman–Crippen MR) is 113 cm³/mol. The van der Waals surface area contributed by atoms with Crippen molar-refractivity contribution in [1.29, 1.82) is 0 Å². The van der Waals surface area contributed by atoms with Crippen LogP contribution in [0, 0.1) is 27.2 Å². The summed E-state index contributed by atoms with van der Waals surface area (Å²) in [6.45, 7) is 2.10. The molecule has 0 spiro atoms. The Kier molecular flexibility index (Phi) is 7.56. The molecule has 0 unspecified atom stereocenters. The fraction of sp³-hybridized carbons (Fsp3) is 0.222. The number of carbonyl (C=O) groups is 2. The summed E-state index contributed by atoms with van der Waals surface area (Å²) in [6, 6.07) is 7.46. The van der Waals surface area contributed by atoms with E-state index in [0.717, 1.165) is 19.1 Å². The summed E-state index contributed by atoms with van der Waals surface area (Å²) in [4.78, 5) is 42.9. The van der Waals surface area contributed by atoms with E-state index >= 15 is 0 Å². The lowest BCUT2D eigenvalue weighted by atomic mass is 10.1. The standard InChI is InChI=1S/C18H19N5O8S/c1-11-16(22(26)27)9-15(10-17(11)23(28)29)32(30,31)20-8-7-19-18(25)13-3-5-14(6-4-13)21-12(2)24/h3-6,9-10,20H,7-8H2,1-2H3,(H,19,25)(H,21,24). The highest BCUT2D eigenvalue weighted by molar-refractivity contribution is 7.89. The Labute approximate surface area is 182 Å². The van der Waals surface area contributed by atoms with E-state index in [4.69, 9.17) is 0 Å². The molecule has 0 radical (unpaired) electrons. The molecular weight excluding hydrogens is 446 g/mol. The van der Waals surface area contributed by atoms with Gasteiger partial charge < -0.3 is 10.6 Å². The first-order valence-electron chi connectivity index (χ1n) is 9.01. The maximum absolute atomic E-state index is 12.4. The van der Waals surface area contributed by atoms with Crippen molar-refractivity contribution in [3.05, 3.63) is 67.8 Å². The van der Waals surface area contributed by atoms with E-state index < -0.39 is 42.0 Å². The molecular formula is C18H19N5O8S. The Balaban J connectivity index is 2.03. The fourth-order valence-corrected chi connectivity index (χ4v) is 3.72. The molecule has 0 heterocycles. The third-order valence-electron chi connectivity index (χ3n) is 4.20. The van der Waals surface area contributed by atoms with Gasteiger partial charge >= 0.3 is 0 Å². The van der Waals surface area contributed by atoms with E-state index in [-0.39, 0.29) is 30.1 Å². The molecule has 0 aliphatic rings. The molecule has 2 rings (SSSR count). The van der Waals surface area contributed by atoms with Crippen LogP contribution in [-0.2, 0) is 14.8 Å². The summed E-state index contributed by atoms with van der Waals surface area (Å²) in [7, 11) is -4.32. The quantitative estimate of drug-likeness (QED) is 0.282. The van der Waals surface area contributed by atoms with Crippen LogP contribution >= 0.6 is 0 Å². The highest BCUT2D eigenvalue weighted by Gasteiger charge is 2.27. The maximum atomic E-state index is 12.4. The molecule has 2 aromatic rings. The number of nitro benzene ring substituents is 2. The van der Waals surface area contributed by atoms with Crippen LogP contribution in [0.3, 0.4) is 0 Å². The molecule has 32 heavy (non-hydrogen) atoms. The van der Waals surface area contributed by atoms with Crippen molar-refractivity contribution < 1.29 is 27.9 Å². The highest BCUT2D eigenvalue weighted by Crippen LogP contribution is 2.31. The maximum Gasteiger partial charge on any atom is 0.280 e. The molecule has 14 heteroatoms. The van der Waals surface area contributed by atoms with Gasteiger partial charge in [0.15, 0.2) is 0 Å². The molecule has 13 nitrogen and oxygen atoms in total. The van der Waals surface area contributed by atoms with Crippen molar-refractivity contribution in [3.63, 3.8) is 0 Å². The van der Waals surface area contributed by atoms with Gasteiger partial charge in [-0.15, -0.1) is 0 Å². The van der Waals surface area contributed by atoms with Gasteiger partial charge in [-0.1, -0.05) is 0 Å². The zero-order chi connectivity index (χ0) is 24.1. The molecule has 0 atom stereocenters. The van der Waals surface area contributed by atoms with Gasteiger partial charge in [0.25, 0.3) is 17.3 Å². The molecule has 0 aromatic heterocycles. The van der Waals surface area contributed by atoms with Crippen LogP contribution in [0.1, 0.15) is 22.8 Å². The number of nitro groups is 2. The topological polar surface area (TPSA) is 191 Å². The summed E-state index contributed by atoms with van der Waals surface area (Å²) in [6.07, 6.45) is 0. The minimum atomic E-state index is -4.32. The molecule has 0 saturated carbocycles. The van der Waals surface area contributed by atoms with Crippen LogP contribution in [0.2, 0.25) is 0 Å². The Morgan fingerprint density at radius 3 is 1.97 bits per heavy atom. The van der Waals surface area contributed by atoms with Crippen LogP contribution in [0.15, 0.2) is 41.3 Å². The van der Waals surface area contributed by atoms with E-state index in [2.05, 4.69) is 15.4 Å². The zero-order valence-corrected chi connectivity index (χ0v) is 17.8. The van der Waals surface area contributed by atoms with Gasteiger partial charge in [0.1, 0.15) is 5.56 Å². The number of nitrogens with one attached hydrogen (secondary N) is 3. The lowest BCUT2D eigenvalue weighted by Crippen LogP contribution is -2.34. The molecule has 0 aliphatic carbocycles. The van der Waals surface area contributed by atoms with Crippen LogP contribution < -0.4 is 15.4 Å². The minimum absolute atomic E-state index is 0.123. The first kappa shape index (κ1) is 24.4. The largest absolute Gasteiger partial charge is 0.351 e. The van der Waals surface area contributed by atoms with E-state index in [0.29, 0.717) is 5.69 Å². The predicted octanol–water partition coefficient (Wildman–Crippen LogP) is 1.48. The van der Waals surface area contributed by atoms with Crippen LogP contribution in [0.25, 0.3) is 0 Å². The van der Waals surface area contributed by atoms with Gasteiger partial charge in [-0.3, -0.25) is 29.8 Å². The number of hydrogen-bond donors (Lipinski definition) is 3. The molecule has 0 aliphatic heterocycles. The van der Waals surface area contributed by atoms with Gasteiger partial charge in [-0.05, 0) is 31.2 Å². The van der Waals surface area contributed by atoms with Gasteiger partial charge in [0.05, 0.1) is 14.7 Å². The Morgan fingerprint density at radius 2 is 1.50 bits per heavy atom. The number of anilines is 1. The second-order valence-electron chi connectivity index (χ2n) is 6.51. The van der Waals surface area contributed by atoms with Crippen LogP contribution in [0.5, 0.6) is 0 Å². The van der Waals surface area contributed by atoms with Crippen molar-refractivity contribution in [1.82, 2.24) is 10.0 Å². The van der Waals surface area contributed by atoms with Crippen molar-refractivity contribution in [3.8, 4) is 0 Å². The normalized spacial score (nSPS) is 10.9. The SMILES string of the molecule is CC(=O)Nc1ccc(C(=O)NCCNS(=O)(=O)c2cc([N+](=O)[O-])c(C)c([N+](=O)[O-])c2)cc1. The molecule has 0 bridgehead atoms. The summed E-state index contributed by atoms with van der Waals surface area (Å²) >= 11 is 0. The molecule has 0 fully saturated rings. The summed E-state index contributed by atoms with van der Waals surface area (Å²) in [5, 5.41) is 27.3. The molecule has 2 amide bonds. The van der Waals surface area contributed by atoms with Gasteiger partial charge in [0, 0.05) is 43.4 Å². The smallest absolute Gasteiger partial charge is 0.280 e. The summed E-state index contributed by atoms with van der Waals surface area (Å²) in [5.74, 6) is -0.765. The van der Waals surface area contributed by atoms with Crippen molar-refractivity contribution in [2.24, 2.45) is 0 Å². The molecule has 2 aromatic carbocycles. The number of amides is 2. The van der Waals surface area contributed by atoms with E-state index in [1.165, 1.54) is 31.2 Å². The number of sulfonamides is 1. The monoisotopic (exact) mass is 465 g/mol. The Hall–Kier alpha value is -3.91. The van der Waals surface area contributed by atoms with E-state index in [1.54, 1.807) is 0 Å². The van der Waals surface area contributed by atoms with Crippen molar-refractivity contribution in [2.45, 2.75) is 18.7 Å². The summed E-state index contributed by atoms with van der Waals surface area (Å²) < 4.78 is 27.0. The third-order valence-corrected chi connectivity index (χ3v) is 5.64. The lowest BCUT2D eigenvalue weighted by molar-refractivity contribution is -0.395. The van der Waals surface area contributed by atoms with Crippen molar-refractivity contribution >= 4 is 38.9 Å². The second-order valence-corrected chi connectivity index (χ2v) is 8.28. The van der Waals surface area contributed by atoms with Crippen LogP contribution in [-0.4, -0.2) is 43.2 Å². The average molecular weight is 465 g/mol. The second kappa shape index (κ2) is 9.93. The first-order valence-corrected chi connectivity index (χ1v) is 10.5. The highest BCUT2D eigenvalue weighted by atomic mass is 32.2. The number of nitrogens with zero attached hydrogens (tertiary/aromatic N) is 2. The number of rotatable bonds is 9. The van der Waals surface area contributed by atoms with E-state index in [1.807, 2.05) is 0 Å². The fourth-order valence-electron chi connectivity index (χ4n) is 2.65. The number of benzene rings is 2. The number of carbonyl (C=O) groups excluding carboxylic acids is 2. The molecule has 3 N–H and O–H groups in total. The Bertz CT molecular complexity index is 1140. The zero-order valence-electron chi connectivity index (χ0n) is 16.9. The Morgan fingerprint density at radius 1 is 0.969 bits per heavy atom. The summed E-state index contributed by atoms with van der Waals surface area (Å²) in [5.41, 5.74) is -0.892. The average Bonchev–Trinajstić information content (AvgIpc) is 2.70. The number of hydrogen-bond acceptors (Lipinski definition) is 8. The molecule has 170 valence electrons. The third kappa shape index (κ3) is 6.05.